The van der Waals surface area contributed by atoms with E-state index in [1.165, 1.54) is 7.11 Å². The number of hydroxylamine groups is 1. The van der Waals surface area contributed by atoms with Crippen molar-refractivity contribution < 1.29 is 32.7 Å². The minimum absolute atomic E-state index is 0.116. The van der Waals surface area contributed by atoms with E-state index in [2.05, 4.69) is 5.48 Å². The van der Waals surface area contributed by atoms with E-state index in [0.29, 0.717) is 13.2 Å². The van der Waals surface area contributed by atoms with Crippen molar-refractivity contribution in [3.8, 4) is 0 Å². The number of nitrogens with one attached hydrogen (secondary N) is 1. The highest BCUT2D eigenvalue weighted by Gasteiger charge is 2.55. The normalized spacial score (nSPS) is 23.7. The van der Waals surface area contributed by atoms with Gasteiger partial charge >= 0.3 is 7.60 Å². The summed E-state index contributed by atoms with van der Waals surface area (Å²) in [6.07, 6.45) is -2.19. The van der Waals surface area contributed by atoms with E-state index >= 15 is 0 Å². The van der Waals surface area contributed by atoms with E-state index in [1.807, 2.05) is 121 Å². The summed E-state index contributed by atoms with van der Waals surface area (Å²) in [7, 11) is -2.46. The molecule has 1 saturated heterocycles. The van der Waals surface area contributed by atoms with Gasteiger partial charge in [-0.25, -0.2) is 0 Å². The van der Waals surface area contributed by atoms with Crippen molar-refractivity contribution in [2.75, 3.05) is 13.7 Å². The minimum Gasteiger partial charge on any atom is -0.374 e. The topological polar surface area (TPSA) is 84.5 Å². The molecule has 0 saturated carbocycles. The number of rotatable bonds is 15. The van der Waals surface area contributed by atoms with Gasteiger partial charge in [0.05, 0.1) is 33.0 Å². The van der Waals surface area contributed by atoms with Gasteiger partial charge < -0.3 is 18.7 Å². The van der Waals surface area contributed by atoms with E-state index in [0.717, 1.165) is 22.3 Å². The monoisotopic (exact) mass is 603 g/mol. The smallest absolute Gasteiger partial charge is 0.352 e. The Kier molecular flexibility index (Phi) is 11.7. The molecule has 0 spiro atoms. The Morgan fingerprint density at radius 2 is 1.07 bits per heavy atom. The van der Waals surface area contributed by atoms with Crippen LogP contribution in [0.5, 0.6) is 0 Å². The molecule has 1 heterocycles. The number of benzene rings is 4. The Hall–Kier alpha value is -3.17. The van der Waals surface area contributed by atoms with Crippen LogP contribution in [0.3, 0.4) is 0 Å². The molecule has 1 aliphatic rings. The highest BCUT2D eigenvalue weighted by molar-refractivity contribution is 7.54. The average Bonchev–Trinajstić information content (AvgIpc) is 3.06. The molecule has 5 rings (SSSR count). The summed E-state index contributed by atoms with van der Waals surface area (Å²) in [6, 6.07) is 39.2. The fraction of sp³-hybridized carbons (Fsp3) is 0.294. The molecule has 9 heteroatoms. The molecule has 4 aromatic rings. The zero-order chi connectivity index (χ0) is 29.7. The van der Waals surface area contributed by atoms with E-state index in [4.69, 9.17) is 28.1 Å². The minimum atomic E-state index is -3.83. The Morgan fingerprint density at radius 3 is 1.56 bits per heavy atom. The molecule has 226 valence electrons. The second-order valence-corrected chi connectivity index (χ2v) is 12.4. The third kappa shape index (κ3) is 8.92. The van der Waals surface area contributed by atoms with Gasteiger partial charge in [-0.15, -0.1) is 0 Å². The van der Waals surface area contributed by atoms with Crippen LogP contribution >= 0.6 is 7.60 Å². The summed E-state index contributed by atoms with van der Waals surface area (Å²) in [4.78, 5) is 5.88. The highest BCUT2D eigenvalue weighted by atomic mass is 31.2. The SMILES string of the molecule is COP1(=O)O[C@H](COCc2ccccc2)[C@@H](OCc2ccccc2)[C@H](OCc2ccccc2)[C@@H]1NOCc1ccccc1. The lowest BCUT2D eigenvalue weighted by Crippen LogP contribution is -2.58. The van der Waals surface area contributed by atoms with Gasteiger partial charge in [0.2, 0.25) is 0 Å². The van der Waals surface area contributed by atoms with E-state index < -0.39 is 31.7 Å². The summed E-state index contributed by atoms with van der Waals surface area (Å²) in [5.74, 6) is -0.976. The van der Waals surface area contributed by atoms with E-state index in [-0.39, 0.29) is 19.8 Å². The molecule has 4 aromatic carbocycles. The quantitative estimate of drug-likeness (QED) is 0.119. The van der Waals surface area contributed by atoms with Gasteiger partial charge in [0.25, 0.3) is 0 Å². The summed E-state index contributed by atoms with van der Waals surface area (Å²) < 4.78 is 45.2. The molecule has 1 unspecified atom stereocenters. The molecular weight excluding hydrogens is 565 g/mol. The van der Waals surface area contributed by atoms with Gasteiger partial charge in [0.1, 0.15) is 18.3 Å². The summed E-state index contributed by atoms with van der Waals surface area (Å²) >= 11 is 0. The van der Waals surface area contributed by atoms with Crippen molar-refractivity contribution in [2.45, 2.75) is 50.5 Å². The standard InChI is InChI=1S/C34H38NO7P/c1-37-43(36)34(35-41-25-30-20-12-5-13-21-30)33(40-24-29-18-10-4-11-19-29)32(39-23-28-16-8-3-9-17-28)31(42-43)26-38-22-27-14-6-2-7-15-27/h2-21,31-35H,22-26H2,1H3/t31-,32-,33+,34-,43?/m1/s1. The lowest BCUT2D eigenvalue weighted by Gasteiger charge is -2.44. The third-order valence-electron chi connectivity index (χ3n) is 7.13. The first-order valence-electron chi connectivity index (χ1n) is 14.3. The second kappa shape index (κ2) is 16.1. The van der Waals surface area contributed by atoms with Crippen LogP contribution in [0.15, 0.2) is 121 Å². The van der Waals surface area contributed by atoms with Gasteiger partial charge in [-0.3, -0.25) is 13.9 Å². The van der Waals surface area contributed by atoms with Gasteiger partial charge in [0, 0.05) is 7.11 Å². The highest BCUT2D eigenvalue weighted by Crippen LogP contribution is 2.58. The zero-order valence-electron chi connectivity index (χ0n) is 24.2. The van der Waals surface area contributed by atoms with Gasteiger partial charge in [-0.05, 0) is 22.3 Å². The Bertz CT molecular complexity index is 1400. The summed E-state index contributed by atoms with van der Waals surface area (Å²) in [6.45, 7) is 1.27. The number of ether oxygens (including phenoxy) is 3. The molecular formula is C34H38NO7P. The first kappa shape index (κ1) is 31.3. The van der Waals surface area contributed by atoms with Crippen LogP contribution in [0.1, 0.15) is 22.3 Å². The molecule has 0 radical (unpaired) electrons. The maximum absolute atomic E-state index is 14.3. The van der Waals surface area contributed by atoms with E-state index in [9.17, 15) is 4.57 Å². The van der Waals surface area contributed by atoms with Crippen molar-refractivity contribution >= 4 is 7.60 Å². The molecule has 5 atom stereocenters. The maximum Gasteiger partial charge on any atom is 0.352 e. The van der Waals surface area contributed by atoms with Crippen molar-refractivity contribution in [3.63, 3.8) is 0 Å². The van der Waals surface area contributed by atoms with Gasteiger partial charge in [-0.1, -0.05) is 121 Å². The lowest BCUT2D eigenvalue weighted by atomic mass is 10.1. The Morgan fingerprint density at radius 1 is 0.628 bits per heavy atom. The molecule has 0 bridgehead atoms. The van der Waals surface area contributed by atoms with E-state index in [1.54, 1.807) is 0 Å². The Balaban J connectivity index is 1.40. The van der Waals surface area contributed by atoms with Crippen LogP contribution in [0.25, 0.3) is 0 Å². The fourth-order valence-corrected chi connectivity index (χ4v) is 6.69. The van der Waals surface area contributed by atoms with Crippen LogP contribution in [0, 0.1) is 0 Å². The lowest BCUT2D eigenvalue weighted by molar-refractivity contribution is -0.174. The van der Waals surface area contributed by atoms with Crippen LogP contribution in [-0.4, -0.2) is 37.8 Å². The van der Waals surface area contributed by atoms with Crippen molar-refractivity contribution in [2.24, 2.45) is 0 Å². The Labute approximate surface area is 253 Å². The second-order valence-electron chi connectivity index (χ2n) is 10.2. The third-order valence-corrected chi connectivity index (χ3v) is 9.28. The van der Waals surface area contributed by atoms with Gasteiger partial charge in [-0.2, -0.15) is 5.48 Å². The predicted molar refractivity (Wildman–Crippen MR) is 164 cm³/mol. The molecule has 1 fully saturated rings. The largest absolute Gasteiger partial charge is 0.374 e. The van der Waals surface area contributed by atoms with Crippen LogP contribution in [0.4, 0.5) is 0 Å². The number of hydrogen-bond donors (Lipinski definition) is 1. The summed E-state index contributed by atoms with van der Waals surface area (Å²) in [5.41, 5.74) is 6.88. The van der Waals surface area contributed by atoms with Crippen LogP contribution < -0.4 is 5.48 Å². The molecule has 1 N–H and O–H groups in total. The fourth-order valence-electron chi connectivity index (χ4n) is 4.87. The summed E-state index contributed by atoms with van der Waals surface area (Å²) in [5, 5.41) is 0. The van der Waals surface area contributed by atoms with Crippen LogP contribution in [0.2, 0.25) is 0 Å². The first-order valence-corrected chi connectivity index (χ1v) is 15.9. The van der Waals surface area contributed by atoms with Crippen molar-refractivity contribution in [1.29, 1.82) is 0 Å². The molecule has 0 aromatic heterocycles. The van der Waals surface area contributed by atoms with Crippen LogP contribution in [-0.2, 0) is 59.1 Å². The molecule has 43 heavy (non-hydrogen) atoms. The van der Waals surface area contributed by atoms with Crippen molar-refractivity contribution in [3.05, 3.63) is 144 Å². The zero-order valence-corrected chi connectivity index (χ0v) is 25.1. The predicted octanol–water partition coefficient (Wildman–Crippen LogP) is 6.66. The number of hydrogen-bond acceptors (Lipinski definition) is 8. The molecule has 0 amide bonds. The molecule has 0 aliphatic carbocycles. The molecule has 8 nitrogen and oxygen atoms in total. The molecule has 1 aliphatic heterocycles. The first-order chi connectivity index (χ1) is 21.1. The van der Waals surface area contributed by atoms with Crippen molar-refractivity contribution in [1.82, 2.24) is 5.48 Å². The average molecular weight is 604 g/mol. The van der Waals surface area contributed by atoms with Gasteiger partial charge in [0.15, 0.2) is 5.78 Å². The maximum atomic E-state index is 14.3.